The molecule has 3 heterocycles. The Balaban J connectivity index is 1.51. The van der Waals surface area contributed by atoms with E-state index >= 15 is 0 Å². The molecule has 0 unspecified atom stereocenters. The van der Waals surface area contributed by atoms with Crippen LogP contribution in [0.3, 0.4) is 0 Å². The van der Waals surface area contributed by atoms with E-state index in [1.807, 2.05) is 0 Å². The molecule has 8 heteroatoms. The monoisotopic (exact) mass is 346 g/mol. The Labute approximate surface area is 140 Å². The third-order valence-corrected chi connectivity index (χ3v) is 4.85. The van der Waals surface area contributed by atoms with Crippen molar-refractivity contribution in [2.24, 2.45) is 0 Å². The summed E-state index contributed by atoms with van der Waals surface area (Å²) in [5.41, 5.74) is -0.753. The number of aromatic nitrogens is 2. The Kier molecular flexibility index (Phi) is 5.46. The van der Waals surface area contributed by atoms with Gasteiger partial charge in [0.05, 0.1) is 18.9 Å². The van der Waals surface area contributed by atoms with E-state index in [0.717, 1.165) is 64.9 Å². The lowest BCUT2D eigenvalue weighted by Crippen LogP contribution is -2.46. The van der Waals surface area contributed by atoms with E-state index < -0.39 is 11.9 Å². The first-order valence-corrected chi connectivity index (χ1v) is 8.60. The van der Waals surface area contributed by atoms with Crippen molar-refractivity contribution < 1.29 is 17.9 Å². The second-order valence-corrected chi connectivity index (χ2v) is 6.80. The van der Waals surface area contributed by atoms with Crippen LogP contribution in [0.1, 0.15) is 37.2 Å². The smallest absolute Gasteiger partial charge is 0.376 e. The normalized spacial score (nSPS) is 27.5. The van der Waals surface area contributed by atoms with Crippen molar-refractivity contribution in [1.82, 2.24) is 19.8 Å². The molecule has 0 spiro atoms. The molecule has 1 aromatic rings. The predicted molar refractivity (Wildman–Crippen MR) is 83.9 cm³/mol. The van der Waals surface area contributed by atoms with Crippen LogP contribution in [0.4, 0.5) is 13.2 Å². The Morgan fingerprint density at radius 2 is 2.00 bits per heavy atom. The summed E-state index contributed by atoms with van der Waals surface area (Å²) in [6, 6.07) is 0. The number of piperidine rings is 1. The van der Waals surface area contributed by atoms with Crippen LogP contribution in [-0.2, 0) is 10.9 Å². The SMILES string of the molecule is C[C@@H]1CN(CCN2CCC[C@H](c3ncc(C(F)(F)F)[nH]3)C2)CCO1. The van der Waals surface area contributed by atoms with E-state index in [0.29, 0.717) is 5.82 Å². The number of morpholine rings is 1. The van der Waals surface area contributed by atoms with Crippen molar-refractivity contribution in [1.29, 1.82) is 0 Å². The van der Waals surface area contributed by atoms with Gasteiger partial charge < -0.3 is 14.6 Å². The van der Waals surface area contributed by atoms with Gasteiger partial charge in [0.25, 0.3) is 0 Å². The molecule has 0 amide bonds. The lowest BCUT2D eigenvalue weighted by atomic mass is 9.97. The quantitative estimate of drug-likeness (QED) is 0.909. The molecule has 0 aromatic carbocycles. The molecule has 3 rings (SSSR count). The molecule has 1 aromatic heterocycles. The number of nitrogens with one attached hydrogen (secondary N) is 1. The number of H-pyrrole nitrogens is 1. The number of likely N-dealkylation sites (tertiary alicyclic amines) is 1. The fraction of sp³-hybridized carbons (Fsp3) is 0.812. The van der Waals surface area contributed by atoms with Crippen LogP contribution in [0.15, 0.2) is 6.20 Å². The zero-order valence-electron chi connectivity index (χ0n) is 14.0. The van der Waals surface area contributed by atoms with E-state index in [1.165, 1.54) is 0 Å². The lowest BCUT2D eigenvalue weighted by molar-refractivity contribution is -0.141. The Morgan fingerprint density at radius 3 is 2.67 bits per heavy atom. The highest BCUT2D eigenvalue weighted by atomic mass is 19.4. The van der Waals surface area contributed by atoms with Gasteiger partial charge in [-0.25, -0.2) is 4.98 Å². The number of nitrogens with zero attached hydrogens (tertiary/aromatic N) is 3. The summed E-state index contributed by atoms with van der Waals surface area (Å²) >= 11 is 0. The minimum absolute atomic E-state index is 0.0541. The fourth-order valence-electron chi connectivity index (χ4n) is 3.55. The molecule has 0 saturated carbocycles. The van der Waals surface area contributed by atoms with Crippen molar-refractivity contribution in [3.05, 3.63) is 17.7 Å². The van der Waals surface area contributed by atoms with Crippen LogP contribution in [0.2, 0.25) is 0 Å². The summed E-state index contributed by atoms with van der Waals surface area (Å²) < 4.78 is 43.7. The number of halogens is 3. The van der Waals surface area contributed by atoms with Crippen molar-refractivity contribution in [2.45, 2.75) is 38.0 Å². The van der Waals surface area contributed by atoms with Gasteiger partial charge in [-0.1, -0.05) is 0 Å². The molecule has 2 fully saturated rings. The van der Waals surface area contributed by atoms with Crippen LogP contribution in [-0.4, -0.2) is 71.7 Å². The molecule has 0 bridgehead atoms. The first kappa shape index (κ1) is 17.7. The molecule has 2 aliphatic rings. The standard InChI is InChI=1S/C16H25F3N4O/c1-12-10-23(7-8-24-12)6-5-22-4-2-3-13(11-22)15-20-9-14(21-15)16(17,18)19/h9,12-13H,2-8,10-11H2,1H3,(H,20,21)/t12-,13+/m1/s1. The largest absolute Gasteiger partial charge is 0.432 e. The number of hydrogen-bond donors (Lipinski definition) is 1. The first-order valence-electron chi connectivity index (χ1n) is 8.60. The van der Waals surface area contributed by atoms with E-state index in [1.54, 1.807) is 0 Å². The minimum atomic E-state index is -4.35. The van der Waals surface area contributed by atoms with Gasteiger partial charge in [-0.05, 0) is 26.3 Å². The van der Waals surface area contributed by atoms with Crippen LogP contribution in [0, 0.1) is 0 Å². The van der Waals surface area contributed by atoms with Crippen molar-refractivity contribution in [2.75, 3.05) is 45.9 Å². The van der Waals surface area contributed by atoms with E-state index in [4.69, 9.17) is 4.74 Å². The summed E-state index contributed by atoms with van der Waals surface area (Å²) in [6.07, 6.45) is -1.30. The molecule has 2 aliphatic heterocycles. The average Bonchev–Trinajstić information content (AvgIpc) is 3.04. The number of ether oxygens (including phenoxy) is 1. The van der Waals surface area contributed by atoms with Gasteiger partial charge >= 0.3 is 6.18 Å². The number of rotatable bonds is 4. The predicted octanol–water partition coefficient (Wildman–Crippen LogP) is 2.33. The van der Waals surface area contributed by atoms with Crippen molar-refractivity contribution in [3.63, 3.8) is 0 Å². The third kappa shape index (κ3) is 4.49. The van der Waals surface area contributed by atoms with Gasteiger partial charge in [0.15, 0.2) is 0 Å². The van der Waals surface area contributed by atoms with Crippen molar-refractivity contribution >= 4 is 0 Å². The van der Waals surface area contributed by atoms with Gasteiger partial charge in [0.2, 0.25) is 0 Å². The fourth-order valence-corrected chi connectivity index (χ4v) is 3.55. The Hall–Kier alpha value is -1.12. The van der Waals surface area contributed by atoms with Crippen LogP contribution in [0.5, 0.6) is 0 Å². The summed E-state index contributed by atoms with van der Waals surface area (Å²) in [7, 11) is 0. The second-order valence-electron chi connectivity index (χ2n) is 6.80. The van der Waals surface area contributed by atoms with E-state index in [2.05, 4.69) is 26.7 Å². The number of alkyl halides is 3. The molecule has 1 N–H and O–H groups in total. The molecule has 2 saturated heterocycles. The second kappa shape index (κ2) is 7.41. The molecule has 5 nitrogen and oxygen atoms in total. The maximum Gasteiger partial charge on any atom is 0.432 e. The number of imidazole rings is 1. The zero-order chi connectivity index (χ0) is 17.2. The Morgan fingerprint density at radius 1 is 1.25 bits per heavy atom. The van der Waals surface area contributed by atoms with Gasteiger partial charge in [0.1, 0.15) is 11.5 Å². The van der Waals surface area contributed by atoms with Crippen LogP contribution in [0.25, 0.3) is 0 Å². The minimum Gasteiger partial charge on any atom is -0.376 e. The zero-order valence-corrected chi connectivity index (χ0v) is 14.0. The number of aromatic amines is 1. The molecule has 2 atom stereocenters. The maximum absolute atomic E-state index is 12.7. The molecular weight excluding hydrogens is 321 g/mol. The molecular formula is C16H25F3N4O. The van der Waals surface area contributed by atoms with E-state index in [9.17, 15) is 13.2 Å². The van der Waals surface area contributed by atoms with Gasteiger partial charge in [-0.2, -0.15) is 13.2 Å². The lowest BCUT2D eigenvalue weighted by Gasteiger charge is -2.35. The Bertz CT molecular complexity index is 534. The topological polar surface area (TPSA) is 44.4 Å². The molecule has 0 aliphatic carbocycles. The average molecular weight is 346 g/mol. The highest BCUT2D eigenvalue weighted by Gasteiger charge is 2.34. The summed E-state index contributed by atoms with van der Waals surface area (Å²) in [5, 5.41) is 0. The first-order chi connectivity index (χ1) is 11.4. The van der Waals surface area contributed by atoms with Gasteiger partial charge in [0, 0.05) is 38.6 Å². The maximum atomic E-state index is 12.7. The van der Waals surface area contributed by atoms with Crippen LogP contribution >= 0.6 is 0 Å². The van der Waals surface area contributed by atoms with E-state index in [-0.39, 0.29) is 12.0 Å². The number of hydrogen-bond acceptors (Lipinski definition) is 4. The van der Waals surface area contributed by atoms with Gasteiger partial charge in [-0.15, -0.1) is 0 Å². The highest BCUT2D eigenvalue weighted by molar-refractivity contribution is 5.09. The molecule has 0 radical (unpaired) electrons. The van der Waals surface area contributed by atoms with Crippen LogP contribution < -0.4 is 0 Å². The molecule has 24 heavy (non-hydrogen) atoms. The molecule has 136 valence electrons. The van der Waals surface area contributed by atoms with Gasteiger partial charge in [-0.3, -0.25) is 4.90 Å². The third-order valence-electron chi connectivity index (χ3n) is 4.85. The van der Waals surface area contributed by atoms with Crippen molar-refractivity contribution in [3.8, 4) is 0 Å². The summed E-state index contributed by atoms with van der Waals surface area (Å²) in [5.74, 6) is 0.519. The highest BCUT2D eigenvalue weighted by Crippen LogP contribution is 2.30. The summed E-state index contributed by atoms with van der Waals surface area (Å²) in [4.78, 5) is 11.2. The summed E-state index contributed by atoms with van der Waals surface area (Å²) in [6.45, 7) is 8.45.